The van der Waals surface area contributed by atoms with Crippen LogP contribution >= 0.6 is 0 Å². The van der Waals surface area contributed by atoms with Crippen LogP contribution in [0.4, 0.5) is 5.69 Å². The lowest BCUT2D eigenvalue weighted by molar-refractivity contribution is -0.105. The van der Waals surface area contributed by atoms with Gasteiger partial charge in [0, 0.05) is 5.69 Å². The third kappa shape index (κ3) is 6.21. The van der Waals surface area contributed by atoms with Gasteiger partial charge in [-0.25, -0.2) is 0 Å². The first-order chi connectivity index (χ1) is 10.7. The summed E-state index contributed by atoms with van der Waals surface area (Å²) in [7, 11) is 0. The number of nitrogens with one attached hydrogen (secondary N) is 1. The highest BCUT2D eigenvalue weighted by Gasteiger charge is 2.32. The van der Waals surface area contributed by atoms with Crippen molar-refractivity contribution in [3.8, 4) is 0 Å². The van der Waals surface area contributed by atoms with Crippen molar-refractivity contribution in [2.24, 2.45) is 17.3 Å². The maximum Gasteiger partial charge on any atom is 0.211 e. The summed E-state index contributed by atoms with van der Waals surface area (Å²) in [6.07, 6.45) is 4.77. The molecule has 2 nitrogen and oxygen atoms in total. The molecule has 1 aliphatic carbocycles. The molecule has 1 saturated carbocycles. The van der Waals surface area contributed by atoms with Crippen molar-refractivity contribution in [3.63, 3.8) is 0 Å². The highest BCUT2D eigenvalue weighted by atomic mass is 16.1. The molecule has 1 fully saturated rings. The Bertz CT molecular complexity index is 545. The van der Waals surface area contributed by atoms with Gasteiger partial charge in [0.25, 0.3) is 0 Å². The maximum absolute atomic E-state index is 10.1. The SMILES string of the molecule is C=C(C)C1CCC(C)(C)CC1C.Cc1ccc(NC=O)cc1C. The molecule has 0 spiro atoms. The fourth-order valence-corrected chi connectivity index (χ4v) is 3.58. The molecule has 1 aromatic rings. The largest absolute Gasteiger partial charge is 0.329 e. The summed E-state index contributed by atoms with van der Waals surface area (Å²) in [5, 5.41) is 2.60. The van der Waals surface area contributed by atoms with Crippen LogP contribution in [-0.4, -0.2) is 6.41 Å². The number of benzene rings is 1. The molecule has 128 valence electrons. The number of amides is 1. The minimum absolute atomic E-state index is 0.575. The quantitative estimate of drug-likeness (QED) is 0.546. The summed E-state index contributed by atoms with van der Waals surface area (Å²) >= 11 is 0. The number of hydrogen-bond acceptors (Lipinski definition) is 1. The second-order valence-corrected chi connectivity index (χ2v) is 7.90. The Morgan fingerprint density at radius 2 is 1.96 bits per heavy atom. The van der Waals surface area contributed by atoms with E-state index < -0.39 is 0 Å². The van der Waals surface area contributed by atoms with E-state index in [1.165, 1.54) is 36.0 Å². The van der Waals surface area contributed by atoms with Gasteiger partial charge in [-0.2, -0.15) is 0 Å². The third-order valence-corrected chi connectivity index (χ3v) is 5.06. The molecule has 0 heterocycles. The summed E-state index contributed by atoms with van der Waals surface area (Å²) in [5.74, 6) is 1.63. The van der Waals surface area contributed by atoms with Gasteiger partial charge >= 0.3 is 0 Å². The number of aryl methyl sites for hydroxylation is 2. The van der Waals surface area contributed by atoms with Crippen LogP contribution in [0, 0.1) is 31.1 Å². The van der Waals surface area contributed by atoms with Crippen LogP contribution < -0.4 is 5.32 Å². The summed E-state index contributed by atoms with van der Waals surface area (Å²) in [4.78, 5) is 10.1. The first-order valence-corrected chi connectivity index (χ1v) is 8.59. The zero-order valence-electron chi connectivity index (χ0n) is 15.7. The van der Waals surface area contributed by atoms with Gasteiger partial charge in [0.2, 0.25) is 6.41 Å². The topological polar surface area (TPSA) is 29.1 Å². The number of carbonyl (C=O) groups excluding carboxylic acids is 1. The van der Waals surface area contributed by atoms with Crippen LogP contribution in [0.1, 0.15) is 58.1 Å². The van der Waals surface area contributed by atoms with Gasteiger partial charge in [0.15, 0.2) is 0 Å². The number of rotatable bonds is 3. The molecule has 1 aromatic carbocycles. The monoisotopic (exact) mass is 315 g/mol. The van der Waals surface area contributed by atoms with Gasteiger partial charge in [-0.3, -0.25) is 4.79 Å². The Hall–Kier alpha value is -1.57. The molecule has 1 aliphatic rings. The lowest BCUT2D eigenvalue weighted by atomic mass is 9.66. The van der Waals surface area contributed by atoms with E-state index >= 15 is 0 Å². The molecule has 2 unspecified atom stereocenters. The van der Waals surface area contributed by atoms with Gasteiger partial charge in [0.1, 0.15) is 0 Å². The molecule has 0 bridgehead atoms. The smallest absolute Gasteiger partial charge is 0.211 e. The van der Waals surface area contributed by atoms with E-state index in [0.717, 1.165) is 17.5 Å². The van der Waals surface area contributed by atoms with Gasteiger partial charge < -0.3 is 5.32 Å². The van der Waals surface area contributed by atoms with Crippen molar-refractivity contribution in [2.75, 3.05) is 5.32 Å². The first-order valence-electron chi connectivity index (χ1n) is 8.59. The zero-order chi connectivity index (χ0) is 17.6. The number of hydrogen-bond donors (Lipinski definition) is 1. The summed E-state index contributed by atoms with van der Waals surface area (Å²) in [6, 6.07) is 5.82. The molecule has 2 atom stereocenters. The molecular formula is C21H33NO. The van der Waals surface area contributed by atoms with Crippen LogP contribution in [0.3, 0.4) is 0 Å². The van der Waals surface area contributed by atoms with E-state index in [4.69, 9.17) is 0 Å². The predicted molar refractivity (Wildman–Crippen MR) is 101 cm³/mol. The van der Waals surface area contributed by atoms with Crippen molar-refractivity contribution >= 4 is 12.1 Å². The third-order valence-electron chi connectivity index (χ3n) is 5.06. The molecule has 2 heteroatoms. The van der Waals surface area contributed by atoms with Crippen molar-refractivity contribution in [1.82, 2.24) is 0 Å². The van der Waals surface area contributed by atoms with Gasteiger partial charge in [-0.1, -0.05) is 39.0 Å². The summed E-state index contributed by atoms with van der Waals surface area (Å²) < 4.78 is 0. The van der Waals surface area contributed by atoms with E-state index in [9.17, 15) is 4.79 Å². The van der Waals surface area contributed by atoms with Crippen LogP contribution in [0.15, 0.2) is 30.4 Å². The van der Waals surface area contributed by atoms with Gasteiger partial charge in [0.05, 0.1) is 0 Å². The molecular weight excluding hydrogens is 282 g/mol. The Balaban J connectivity index is 0.000000231. The average molecular weight is 316 g/mol. The fraction of sp³-hybridized carbons (Fsp3) is 0.571. The predicted octanol–water partition coefficient (Wildman–Crippen LogP) is 5.90. The Kier molecular flexibility index (Phi) is 7.05. The van der Waals surface area contributed by atoms with Crippen LogP contribution in [0.5, 0.6) is 0 Å². The standard InChI is InChI=1S/C12H22.C9H11NO/c1-9(2)11-6-7-12(4,5)8-10(11)3;1-7-3-4-9(10-6-11)5-8(7)2/h10-11H,1,6-8H2,2-5H3;3-6H,1-2H3,(H,10,11). The molecule has 0 aliphatic heterocycles. The van der Waals surface area contributed by atoms with Crippen molar-refractivity contribution in [1.29, 1.82) is 0 Å². The number of carbonyl (C=O) groups is 1. The first kappa shape index (κ1) is 19.5. The zero-order valence-corrected chi connectivity index (χ0v) is 15.7. The molecule has 2 rings (SSSR count). The minimum Gasteiger partial charge on any atom is -0.329 e. The molecule has 23 heavy (non-hydrogen) atoms. The summed E-state index contributed by atoms with van der Waals surface area (Å²) in [6.45, 7) is 17.5. The minimum atomic E-state index is 0.575. The Morgan fingerprint density at radius 3 is 2.43 bits per heavy atom. The van der Waals surface area contributed by atoms with Crippen LogP contribution in [0.25, 0.3) is 0 Å². The maximum atomic E-state index is 10.1. The number of allylic oxidation sites excluding steroid dienone is 1. The van der Waals surface area contributed by atoms with Crippen molar-refractivity contribution in [3.05, 3.63) is 41.5 Å². The highest BCUT2D eigenvalue weighted by molar-refractivity contribution is 5.71. The lowest BCUT2D eigenvalue weighted by Gasteiger charge is -2.39. The lowest BCUT2D eigenvalue weighted by Crippen LogP contribution is -2.28. The molecule has 0 saturated heterocycles. The average Bonchev–Trinajstić information content (AvgIpc) is 2.42. The van der Waals surface area contributed by atoms with E-state index in [1.54, 1.807) is 0 Å². The van der Waals surface area contributed by atoms with Crippen molar-refractivity contribution in [2.45, 2.75) is 60.8 Å². The normalized spacial score (nSPS) is 22.5. The molecule has 0 aromatic heterocycles. The number of anilines is 1. The van der Waals surface area contributed by atoms with Crippen molar-refractivity contribution < 1.29 is 4.79 Å². The summed E-state index contributed by atoms with van der Waals surface area (Å²) in [5.41, 5.74) is 5.24. The molecule has 0 radical (unpaired) electrons. The van der Waals surface area contributed by atoms with E-state index in [1.807, 2.05) is 32.0 Å². The van der Waals surface area contributed by atoms with Crippen LogP contribution in [0.2, 0.25) is 0 Å². The Labute approximate surface area is 142 Å². The van der Waals surface area contributed by atoms with E-state index in [2.05, 4.69) is 39.6 Å². The van der Waals surface area contributed by atoms with E-state index in [0.29, 0.717) is 11.8 Å². The van der Waals surface area contributed by atoms with Gasteiger partial charge in [-0.05, 0) is 80.5 Å². The molecule has 1 N–H and O–H groups in total. The van der Waals surface area contributed by atoms with Gasteiger partial charge in [-0.15, -0.1) is 0 Å². The second kappa shape index (κ2) is 8.33. The molecule has 1 amide bonds. The Morgan fingerprint density at radius 1 is 1.30 bits per heavy atom. The van der Waals surface area contributed by atoms with Crippen LogP contribution in [-0.2, 0) is 4.79 Å². The fourth-order valence-electron chi connectivity index (χ4n) is 3.58. The second-order valence-electron chi connectivity index (χ2n) is 7.90. The van der Waals surface area contributed by atoms with E-state index in [-0.39, 0.29) is 0 Å². The highest BCUT2D eigenvalue weighted by Crippen LogP contribution is 2.43.